The van der Waals surface area contributed by atoms with E-state index in [1.807, 2.05) is 12.1 Å². The Bertz CT molecular complexity index is 624. The van der Waals surface area contributed by atoms with Crippen LogP contribution in [0.4, 0.5) is 17.1 Å². The van der Waals surface area contributed by atoms with E-state index in [1.54, 1.807) is 18.2 Å². The maximum Gasteiger partial charge on any atom is 0.0992 e. The first-order chi connectivity index (χ1) is 9.10. The van der Waals surface area contributed by atoms with Crippen LogP contribution in [-0.2, 0) is 0 Å². The molecule has 3 heteroatoms. The van der Waals surface area contributed by atoms with Gasteiger partial charge in [0, 0.05) is 5.69 Å². The number of hydrogen-bond donors (Lipinski definition) is 2. The van der Waals surface area contributed by atoms with Crippen LogP contribution in [-0.4, -0.2) is 0 Å². The molecule has 0 spiro atoms. The molecule has 0 aliphatic heterocycles. The topological polar surface area (TPSA) is 61.8 Å². The highest BCUT2D eigenvalue weighted by atomic mass is 14.9. The molecule has 0 saturated carbocycles. The molecule has 0 unspecified atom stereocenters. The summed E-state index contributed by atoms with van der Waals surface area (Å²) in [6, 6.07) is 15.5. The Labute approximate surface area is 113 Å². The van der Waals surface area contributed by atoms with Gasteiger partial charge in [0.05, 0.1) is 23.0 Å². The highest BCUT2D eigenvalue weighted by Crippen LogP contribution is 2.26. The number of benzene rings is 2. The second-order valence-corrected chi connectivity index (χ2v) is 4.82. The number of hydrogen-bond acceptors (Lipinski definition) is 3. The Morgan fingerprint density at radius 2 is 1.95 bits per heavy atom. The number of nitriles is 1. The van der Waals surface area contributed by atoms with E-state index in [0.29, 0.717) is 17.2 Å². The summed E-state index contributed by atoms with van der Waals surface area (Å²) < 4.78 is 0. The van der Waals surface area contributed by atoms with Crippen LogP contribution in [0.1, 0.15) is 30.9 Å². The minimum absolute atomic E-state index is 0.476. The third-order valence-electron chi connectivity index (χ3n) is 3.01. The van der Waals surface area contributed by atoms with Crippen LogP contribution in [0.25, 0.3) is 0 Å². The van der Waals surface area contributed by atoms with Crippen molar-refractivity contribution in [3.63, 3.8) is 0 Å². The van der Waals surface area contributed by atoms with Gasteiger partial charge in [-0.3, -0.25) is 0 Å². The molecule has 0 fully saturated rings. The maximum absolute atomic E-state index is 8.92. The third kappa shape index (κ3) is 3.05. The van der Waals surface area contributed by atoms with Gasteiger partial charge in [0.25, 0.3) is 0 Å². The summed E-state index contributed by atoms with van der Waals surface area (Å²) >= 11 is 0. The molecule has 2 aromatic rings. The van der Waals surface area contributed by atoms with E-state index < -0.39 is 0 Å². The Balaban J connectivity index is 2.31. The van der Waals surface area contributed by atoms with Crippen LogP contribution < -0.4 is 11.1 Å². The van der Waals surface area contributed by atoms with Crippen molar-refractivity contribution in [2.24, 2.45) is 0 Å². The minimum Gasteiger partial charge on any atom is -0.397 e. The van der Waals surface area contributed by atoms with Crippen LogP contribution in [0.3, 0.4) is 0 Å². The molecule has 0 atom stereocenters. The average molecular weight is 251 g/mol. The zero-order valence-electron chi connectivity index (χ0n) is 11.1. The van der Waals surface area contributed by atoms with E-state index >= 15 is 0 Å². The van der Waals surface area contributed by atoms with Crippen LogP contribution in [0.2, 0.25) is 0 Å². The van der Waals surface area contributed by atoms with Gasteiger partial charge in [-0.15, -0.1) is 0 Å². The third-order valence-corrected chi connectivity index (χ3v) is 3.01. The molecular formula is C16H17N3. The molecule has 19 heavy (non-hydrogen) atoms. The summed E-state index contributed by atoms with van der Waals surface area (Å²) in [6.45, 7) is 4.31. The van der Waals surface area contributed by atoms with Gasteiger partial charge in [0.1, 0.15) is 0 Å². The predicted octanol–water partition coefficient (Wildman–Crippen LogP) is 4.01. The Kier molecular flexibility index (Phi) is 3.72. The van der Waals surface area contributed by atoms with Gasteiger partial charge in [0.2, 0.25) is 0 Å². The van der Waals surface area contributed by atoms with Crippen LogP contribution in [0.5, 0.6) is 0 Å². The predicted molar refractivity (Wildman–Crippen MR) is 79.4 cm³/mol. The molecule has 0 radical (unpaired) electrons. The zero-order valence-corrected chi connectivity index (χ0v) is 11.1. The highest BCUT2D eigenvalue weighted by molar-refractivity contribution is 5.74. The molecule has 3 nitrogen and oxygen atoms in total. The van der Waals surface area contributed by atoms with Gasteiger partial charge in [-0.2, -0.15) is 5.26 Å². The molecule has 2 aromatic carbocycles. The smallest absolute Gasteiger partial charge is 0.0992 e. The molecule has 3 N–H and O–H groups in total. The lowest BCUT2D eigenvalue weighted by Gasteiger charge is -2.12. The van der Waals surface area contributed by atoms with Crippen molar-refractivity contribution >= 4 is 17.1 Å². The van der Waals surface area contributed by atoms with Crippen molar-refractivity contribution in [2.45, 2.75) is 19.8 Å². The Morgan fingerprint density at radius 3 is 2.63 bits per heavy atom. The van der Waals surface area contributed by atoms with Crippen LogP contribution >= 0.6 is 0 Å². The molecule has 0 aliphatic rings. The molecule has 2 rings (SSSR count). The van der Waals surface area contributed by atoms with Crippen molar-refractivity contribution in [3.8, 4) is 6.07 Å². The van der Waals surface area contributed by atoms with E-state index in [4.69, 9.17) is 11.0 Å². The maximum atomic E-state index is 8.92. The molecule has 0 amide bonds. The summed E-state index contributed by atoms with van der Waals surface area (Å²) in [5.41, 5.74) is 10.2. The summed E-state index contributed by atoms with van der Waals surface area (Å²) in [7, 11) is 0. The van der Waals surface area contributed by atoms with Crippen molar-refractivity contribution in [1.82, 2.24) is 0 Å². The first-order valence-corrected chi connectivity index (χ1v) is 6.27. The van der Waals surface area contributed by atoms with Crippen LogP contribution in [0.15, 0.2) is 42.5 Å². The summed E-state index contributed by atoms with van der Waals surface area (Å²) in [5, 5.41) is 12.2. The normalized spacial score (nSPS) is 10.2. The number of nitrogen functional groups attached to an aromatic ring is 1. The average Bonchev–Trinajstić information content (AvgIpc) is 2.41. The zero-order chi connectivity index (χ0) is 13.8. The van der Waals surface area contributed by atoms with Crippen molar-refractivity contribution in [2.75, 3.05) is 11.1 Å². The number of nitrogens with zero attached hydrogens (tertiary/aromatic N) is 1. The van der Waals surface area contributed by atoms with Crippen molar-refractivity contribution < 1.29 is 0 Å². The van der Waals surface area contributed by atoms with Crippen molar-refractivity contribution in [3.05, 3.63) is 53.6 Å². The Hall–Kier alpha value is -2.47. The lowest BCUT2D eigenvalue weighted by Crippen LogP contribution is -1.98. The first-order valence-electron chi connectivity index (χ1n) is 6.27. The second kappa shape index (κ2) is 5.45. The fourth-order valence-corrected chi connectivity index (χ4v) is 1.87. The fraction of sp³-hybridized carbons (Fsp3) is 0.188. The molecule has 0 saturated heterocycles. The Morgan fingerprint density at radius 1 is 1.16 bits per heavy atom. The van der Waals surface area contributed by atoms with E-state index in [2.05, 4.69) is 37.4 Å². The van der Waals surface area contributed by atoms with Crippen LogP contribution in [0, 0.1) is 11.3 Å². The summed E-state index contributed by atoms with van der Waals surface area (Å²) in [4.78, 5) is 0. The van der Waals surface area contributed by atoms with Gasteiger partial charge in [-0.05, 0) is 41.8 Å². The fourth-order valence-electron chi connectivity index (χ4n) is 1.87. The number of nitrogens with one attached hydrogen (secondary N) is 1. The SMILES string of the molecule is CC(C)c1cccc(Nc2cc(C#N)ccc2N)c1. The van der Waals surface area contributed by atoms with E-state index in [0.717, 1.165) is 11.4 Å². The standard InChI is InChI=1S/C16H17N3/c1-11(2)13-4-3-5-14(9-13)19-16-8-12(10-17)6-7-15(16)18/h3-9,11,19H,18H2,1-2H3. The number of anilines is 3. The van der Waals surface area contributed by atoms with Gasteiger partial charge < -0.3 is 11.1 Å². The lowest BCUT2D eigenvalue weighted by atomic mass is 10.0. The van der Waals surface area contributed by atoms with E-state index in [-0.39, 0.29) is 0 Å². The van der Waals surface area contributed by atoms with Gasteiger partial charge in [-0.1, -0.05) is 26.0 Å². The molecule has 0 aromatic heterocycles. The quantitative estimate of drug-likeness (QED) is 0.810. The molecule has 0 bridgehead atoms. The van der Waals surface area contributed by atoms with E-state index in [9.17, 15) is 0 Å². The summed E-state index contributed by atoms with van der Waals surface area (Å²) in [5.74, 6) is 0.476. The van der Waals surface area contributed by atoms with Crippen molar-refractivity contribution in [1.29, 1.82) is 5.26 Å². The van der Waals surface area contributed by atoms with Gasteiger partial charge >= 0.3 is 0 Å². The monoisotopic (exact) mass is 251 g/mol. The highest BCUT2D eigenvalue weighted by Gasteiger charge is 2.04. The summed E-state index contributed by atoms with van der Waals surface area (Å²) in [6.07, 6.45) is 0. The second-order valence-electron chi connectivity index (χ2n) is 4.82. The first kappa shape index (κ1) is 13.0. The lowest BCUT2D eigenvalue weighted by molar-refractivity contribution is 0.867. The molecular weight excluding hydrogens is 234 g/mol. The number of rotatable bonds is 3. The van der Waals surface area contributed by atoms with E-state index in [1.165, 1.54) is 5.56 Å². The molecule has 0 aliphatic carbocycles. The largest absolute Gasteiger partial charge is 0.397 e. The van der Waals surface area contributed by atoms with Gasteiger partial charge in [-0.25, -0.2) is 0 Å². The molecule has 0 heterocycles. The minimum atomic E-state index is 0.476. The molecule has 96 valence electrons. The number of nitrogens with two attached hydrogens (primary N) is 1. The van der Waals surface area contributed by atoms with Gasteiger partial charge in [0.15, 0.2) is 0 Å².